The van der Waals surface area contributed by atoms with E-state index >= 15 is 0 Å². The molecule has 0 bridgehead atoms. The molecular weight excluding hydrogens is 302 g/mol. The number of hydrogen-bond acceptors (Lipinski definition) is 3. The lowest BCUT2D eigenvalue weighted by Crippen LogP contribution is -2.35. The van der Waals surface area contributed by atoms with Crippen LogP contribution >= 0.6 is 12.4 Å². The maximum Gasteiger partial charge on any atom is 0.264 e. The highest BCUT2D eigenvalue weighted by molar-refractivity contribution is 5.98. The van der Waals surface area contributed by atoms with Gasteiger partial charge in [0.05, 0.1) is 5.69 Å². The van der Waals surface area contributed by atoms with Crippen molar-refractivity contribution in [2.75, 3.05) is 25.1 Å². The molecule has 116 valence electrons. The average molecular weight is 320 g/mol. The molecule has 1 amide bonds. The summed E-state index contributed by atoms with van der Waals surface area (Å²) in [6.45, 7) is 2.05. The molecule has 0 aliphatic carbocycles. The molecule has 22 heavy (non-hydrogen) atoms. The third-order valence-electron chi connectivity index (χ3n) is 4.22. The maximum absolute atomic E-state index is 11.7. The number of likely N-dealkylation sites (N-methyl/N-ethyl adjacent to an activating group) is 1. The van der Waals surface area contributed by atoms with Crippen LogP contribution in [-0.2, 0) is 17.8 Å². The average Bonchev–Trinajstić information content (AvgIpc) is 2.95. The molecule has 0 atom stereocenters. The van der Waals surface area contributed by atoms with Crippen molar-refractivity contribution in [3.8, 4) is 17.0 Å². The highest BCUT2D eigenvalue weighted by atomic mass is 35.5. The van der Waals surface area contributed by atoms with E-state index in [1.165, 1.54) is 11.3 Å². The van der Waals surface area contributed by atoms with Gasteiger partial charge in [0.1, 0.15) is 5.75 Å². The van der Waals surface area contributed by atoms with Crippen molar-refractivity contribution in [3.63, 3.8) is 0 Å². The summed E-state index contributed by atoms with van der Waals surface area (Å²) in [4.78, 5) is 16.9. The van der Waals surface area contributed by atoms with E-state index in [1.54, 1.807) is 11.9 Å². The molecule has 2 N–H and O–H groups in total. The van der Waals surface area contributed by atoms with Crippen LogP contribution in [0.5, 0.6) is 5.75 Å². The van der Waals surface area contributed by atoms with E-state index in [0.29, 0.717) is 0 Å². The minimum Gasteiger partial charge on any atom is -0.482 e. The minimum atomic E-state index is -0.0189. The number of benzene rings is 1. The zero-order chi connectivity index (χ0) is 14.4. The van der Waals surface area contributed by atoms with Crippen LogP contribution in [0.4, 0.5) is 5.69 Å². The molecule has 0 fully saturated rings. The largest absolute Gasteiger partial charge is 0.482 e. The molecule has 0 unspecified atom stereocenters. The SMILES string of the molecule is CN1C(=O)COc2ccc(-c3cc4c([nH]3)CCNC4)cc21.Cl. The molecule has 5 nitrogen and oxygen atoms in total. The molecule has 2 aliphatic heterocycles. The zero-order valence-electron chi connectivity index (χ0n) is 12.3. The number of carbonyl (C=O) groups excluding carboxylic acids is 1. The van der Waals surface area contributed by atoms with E-state index in [4.69, 9.17) is 4.74 Å². The zero-order valence-corrected chi connectivity index (χ0v) is 13.1. The second-order valence-electron chi connectivity index (χ2n) is 5.54. The lowest BCUT2D eigenvalue weighted by Gasteiger charge is -2.26. The second kappa shape index (κ2) is 5.66. The van der Waals surface area contributed by atoms with Gasteiger partial charge in [-0.25, -0.2) is 0 Å². The fraction of sp³-hybridized carbons (Fsp3) is 0.312. The molecule has 1 aromatic carbocycles. The van der Waals surface area contributed by atoms with Gasteiger partial charge in [-0.2, -0.15) is 0 Å². The number of aromatic amines is 1. The number of halogens is 1. The topological polar surface area (TPSA) is 57.4 Å². The molecule has 4 rings (SSSR count). The summed E-state index contributed by atoms with van der Waals surface area (Å²) in [5.74, 6) is 0.744. The molecule has 2 aliphatic rings. The predicted molar refractivity (Wildman–Crippen MR) is 87.8 cm³/mol. The van der Waals surface area contributed by atoms with Crippen LogP contribution in [0.25, 0.3) is 11.3 Å². The normalized spacial score (nSPS) is 16.4. The highest BCUT2D eigenvalue weighted by Crippen LogP contribution is 2.35. The Morgan fingerprint density at radius 3 is 2.95 bits per heavy atom. The standard InChI is InChI=1S/C16H17N3O2.ClH/c1-19-14-7-10(2-3-15(14)21-9-16(19)20)13-6-11-8-17-5-4-12(11)18-13;/h2-3,6-7,17-18H,4-5,8-9H2,1H3;1H. The third-order valence-corrected chi connectivity index (χ3v) is 4.22. The summed E-state index contributed by atoms with van der Waals surface area (Å²) in [5.41, 5.74) is 5.64. The van der Waals surface area contributed by atoms with Crippen LogP contribution in [-0.4, -0.2) is 31.1 Å². The third kappa shape index (κ3) is 2.36. The second-order valence-corrected chi connectivity index (χ2v) is 5.54. The number of nitrogens with zero attached hydrogens (tertiary/aromatic N) is 1. The van der Waals surface area contributed by atoms with Gasteiger partial charge in [0, 0.05) is 43.5 Å². The summed E-state index contributed by atoms with van der Waals surface area (Å²) in [6.07, 6.45) is 1.03. The van der Waals surface area contributed by atoms with Gasteiger partial charge in [-0.05, 0) is 29.8 Å². The number of rotatable bonds is 1. The van der Waals surface area contributed by atoms with Crippen molar-refractivity contribution in [1.82, 2.24) is 10.3 Å². The maximum atomic E-state index is 11.7. The molecule has 6 heteroatoms. The van der Waals surface area contributed by atoms with Crippen LogP contribution in [0.2, 0.25) is 0 Å². The van der Waals surface area contributed by atoms with Gasteiger partial charge >= 0.3 is 0 Å². The van der Waals surface area contributed by atoms with Crippen molar-refractivity contribution in [2.45, 2.75) is 13.0 Å². The monoisotopic (exact) mass is 319 g/mol. The van der Waals surface area contributed by atoms with Crippen LogP contribution < -0.4 is 15.0 Å². The first kappa shape index (κ1) is 14.9. The van der Waals surface area contributed by atoms with Gasteiger partial charge in [-0.1, -0.05) is 0 Å². The molecule has 2 aromatic rings. The molecule has 3 heterocycles. The summed E-state index contributed by atoms with van der Waals surface area (Å²) in [7, 11) is 1.79. The van der Waals surface area contributed by atoms with E-state index in [2.05, 4.69) is 16.4 Å². The fourth-order valence-corrected chi connectivity index (χ4v) is 2.95. The number of anilines is 1. The number of amides is 1. The number of hydrogen-bond donors (Lipinski definition) is 2. The van der Waals surface area contributed by atoms with E-state index in [1.807, 2.05) is 18.2 Å². The van der Waals surface area contributed by atoms with Crippen LogP contribution in [0.1, 0.15) is 11.3 Å². The molecule has 0 radical (unpaired) electrons. The summed E-state index contributed by atoms with van der Waals surface area (Å²) >= 11 is 0. The fourth-order valence-electron chi connectivity index (χ4n) is 2.95. The van der Waals surface area contributed by atoms with E-state index in [-0.39, 0.29) is 24.9 Å². The molecular formula is C16H18ClN3O2. The lowest BCUT2D eigenvalue weighted by molar-refractivity contribution is -0.120. The minimum absolute atomic E-state index is 0. The first-order valence-corrected chi connectivity index (χ1v) is 7.17. The lowest BCUT2D eigenvalue weighted by atomic mass is 10.1. The predicted octanol–water partition coefficient (Wildman–Crippen LogP) is 2.10. The number of nitrogens with one attached hydrogen (secondary N) is 2. The molecule has 1 aromatic heterocycles. The van der Waals surface area contributed by atoms with E-state index < -0.39 is 0 Å². The van der Waals surface area contributed by atoms with Crippen LogP contribution in [0, 0.1) is 0 Å². The Kier molecular flexibility index (Phi) is 3.85. The highest BCUT2D eigenvalue weighted by Gasteiger charge is 2.23. The number of ether oxygens (including phenoxy) is 1. The number of H-pyrrole nitrogens is 1. The number of fused-ring (bicyclic) bond motifs is 2. The first-order valence-electron chi connectivity index (χ1n) is 7.17. The molecule has 0 saturated heterocycles. The Balaban J connectivity index is 0.00000144. The van der Waals surface area contributed by atoms with Gasteiger partial charge in [-0.3, -0.25) is 4.79 Å². The smallest absolute Gasteiger partial charge is 0.264 e. The van der Waals surface area contributed by atoms with Crippen LogP contribution in [0.15, 0.2) is 24.3 Å². The molecule has 0 spiro atoms. The quantitative estimate of drug-likeness (QED) is 0.846. The first-order chi connectivity index (χ1) is 10.2. The Morgan fingerprint density at radius 2 is 2.14 bits per heavy atom. The van der Waals surface area contributed by atoms with Crippen molar-refractivity contribution in [2.24, 2.45) is 0 Å². The summed E-state index contributed by atoms with van der Waals surface area (Å²) in [5, 5.41) is 3.38. The van der Waals surface area contributed by atoms with Gasteiger partial charge in [0.25, 0.3) is 5.91 Å². The Labute approximate surface area is 135 Å². The van der Waals surface area contributed by atoms with Crippen molar-refractivity contribution in [1.29, 1.82) is 0 Å². The summed E-state index contributed by atoms with van der Waals surface area (Å²) in [6, 6.07) is 8.17. The van der Waals surface area contributed by atoms with Crippen molar-refractivity contribution >= 4 is 24.0 Å². The van der Waals surface area contributed by atoms with Gasteiger partial charge in [0.15, 0.2) is 6.61 Å². The Morgan fingerprint density at radius 1 is 1.27 bits per heavy atom. The van der Waals surface area contributed by atoms with E-state index in [9.17, 15) is 4.79 Å². The van der Waals surface area contributed by atoms with Gasteiger partial charge in [-0.15, -0.1) is 12.4 Å². The number of aromatic nitrogens is 1. The van der Waals surface area contributed by atoms with Crippen molar-refractivity contribution < 1.29 is 9.53 Å². The summed E-state index contributed by atoms with van der Waals surface area (Å²) < 4.78 is 5.47. The van der Waals surface area contributed by atoms with Crippen LogP contribution in [0.3, 0.4) is 0 Å². The molecule has 0 saturated carbocycles. The van der Waals surface area contributed by atoms with E-state index in [0.717, 1.165) is 42.2 Å². The Hall–Kier alpha value is -1.98. The number of carbonyl (C=O) groups is 1. The Bertz CT molecular complexity index is 703. The van der Waals surface area contributed by atoms with Gasteiger partial charge < -0.3 is 19.9 Å². The van der Waals surface area contributed by atoms with Gasteiger partial charge in [0.2, 0.25) is 0 Å². The van der Waals surface area contributed by atoms with Crippen molar-refractivity contribution in [3.05, 3.63) is 35.5 Å².